The van der Waals surface area contributed by atoms with Crippen molar-refractivity contribution in [1.82, 2.24) is 9.55 Å². The predicted octanol–water partition coefficient (Wildman–Crippen LogP) is 1.82. The molecule has 1 N–H and O–H groups in total. The van der Waals surface area contributed by atoms with E-state index in [1.165, 1.54) is 11.5 Å². The predicted molar refractivity (Wildman–Crippen MR) is 69.2 cm³/mol. The van der Waals surface area contributed by atoms with Crippen molar-refractivity contribution >= 4 is 16.9 Å². The van der Waals surface area contributed by atoms with Gasteiger partial charge in [0, 0.05) is 30.3 Å². The Morgan fingerprint density at radius 2 is 2.17 bits per heavy atom. The van der Waals surface area contributed by atoms with Gasteiger partial charge in [-0.3, -0.25) is 9.36 Å². The molecular formula is C14H14N2O2. The van der Waals surface area contributed by atoms with Crippen molar-refractivity contribution < 1.29 is 9.90 Å². The lowest BCUT2D eigenvalue weighted by Crippen LogP contribution is -2.14. The van der Waals surface area contributed by atoms with Gasteiger partial charge in [-0.15, -0.1) is 0 Å². The molecule has 0 aliphatic carbocycles. The molecule has 2 heterocycles. The lowest BCUT2D eigenvalue weighted by Gasteiger charge is -2.06. The topological polar surface area (TPSA) is 55.1 Å². The third kappa shape index (κ3) is 2.41. The van der Waals surface area contributed by atoms with E-state index in [1.54, 1.807) is 38.4 Å². The fourth-order valence-corrected chi connectivity index (χ4v) is 1.62. The summed E-state index contributed by atoms with van der Waals surface area (Å²) >= 11 is 0. The number of carbonyl (C=O) groups is 1. The van der Waals surface area contributed by atoms with Gasteiger partial charge in [-0.1, -0.05) is 11.8 Å². The van der Waals surface area contributed by atoms with Crippen molar-refractivity contribution in [2.45, 2.75) is 26.4 Å². The molecule has 0 amide bonds. The molecule has 0 fully saturated rings. The molecule has 0 unspecified atom stereocenters. The number of pyridine rings is 1. The smallest absolute Gasteiger partial charge is 0.229 e. The van der Waals surface area contributed by atoms with Gasteiger partial charge >= 0.3 is 0 Å². The summed E-state index contributed by atoms with van der Waals surface area (Å²) in [5, 5.41) is 10.4. The van der Waals surface area contributed by atoms with Gasteiger partial charge in [0.25, 0.3) is 0 Å². The molecule has 0 saturated carbocycles. The van der Waals surface area contributed by atoms with Gasteiger partial charge in [-0.25, -0.2) is 4.98 Å². The van der Waals surface area contributed by atoms with Crippen molar-refractivity contribution in [3.05, 3.63) is 30.1 Å². The Bertz CT molecular complexity index is 666. The molecule has 0 aliphatic rings. The van der Waals surface area contributed by atoms with Crippen LogP contribution in [-0.2, 0) is 0 Å². The second kappa shape index (κ2) is 4.28. The van der Waals surface area contributed by atoms with Gasteiger partial charge in [0.2, 0.25) is 5.91 Å². The number of hydrogen-bond donors (Lipinski definition) is 1. The molecule has 0 radical (unpaired) electrons. The van der Waals surface area contributed by atoms with E-state index in [0.717, 1.165) is 10.9 Å². The Hall–Kier alpha value is -2.12. The van der Waals surface area contributed by atoms with E-state index in [9.17, 15) is 9.90 Å². The van der Waals surface area contributed by atoms with Gasteiger partial charge < -0.3 is 5.11 Å². The summed E-state index contributed by atoms with van der Waals surface area (Å²) in [7, 11) is 0. The fraction of sp³-hybridized carbons (Fsp3) is 0.286. The van der Waals surface area contributed by atoms with Gasteiger partial charge in [-0.05, 0) is 26.0 Å². The van der Waals surface area contributed by atoms with Crippen LogP contribution in [0.3, 0.4) is 0 Å². The Morgan fingerprint density at radius 1 is 1.44 bits per heavy atom. The minimum atomic E-state index is -1.04. The van der Waals surface area contributed by atoms with E-state index in [1.807, 2.05) is 0 Å². The first-order valence-corrected chi connectivity index (χ1v) is 5.61. The average Bonchev–Trinajstić information content (AvgIpc) is 2.69. The summed E-state index contributed by atoms with van der Waals surface area (Å²) in [6.07, 6.45) is 3.28. The third-order valence-electron chi connectivity index (χ3n) is 2.43. The third-order valence-corrected chi connectivity index (χ3v) is 2.43. The van der Waals surface area contributed by atoms with Crippen molar-refractivity contribution in [3.63, 3.8) is 0 Å². The second-order valence-electron chi connectivity index (χ2n) is 4.61. The Kier molecular flexibility index (Phi) is 2.93. The van der Waals surface area contributed by atoms with E-state index in [2.05, 4.69) is 16.8 Å². The number of aromatic nitrogens is 2. The molecule has 2 rings (SSSR count). The van der Waals surface area contributed by atoms with E-state index in [-0.39, 0.29) is 5.91 Å². The van der Waals surface area contributed by atoms with Crippen LogP contribution in [0.15, 0.2) is 24.5 Å². The summed E-state index contributed by atoms with van der Waals surface area (Å²) in [6.45, 7) is 4.73. The molecule has 0 aromatic carbocycles. The second-order valence-corrected chi connectivity index (χ2v) is 4.61. The molecule has 0 bridgehead atoms. The highest BCUT2D eigenvalue weighted by molar-refractivity contribution is 5.92. The minimum absolute atomic E-state index is 0.0925. The van der Waals surface area contributed by atoms with Crippen molar-refractivity contribution in [3.8, 4) is 11.8 Å². The SMILES string of the molecule is CC(=O)n1ccc2c(C#CC(C)(C)O)ccnc21. The molecule has 2 aromatic heterocycles. The van der Waals surface area contributed by atoms with Crippen LogP contribution in [0, 0.1) is 11.8 Å². The first kappa shape index (κ1) is 12.3. The standard InChI is InChI=1S/C14H14N2O2/c1-10(17)16-9-6-12-11(4-7-14(2,3)18)5-8-15-13(12)16/h5-6,8-9,18H,1-3H3. The normalized spacial score (nSPS) is 11.1. The van der Waals surface area contributed by atoms with Crippen LogP contribution in [0.1, 0.15) is 31.1 Å². The lowest BCUT2D eigenvalue weighted by molar-refractivity contribution is 0.0941. The maximum Gasteiger partial charge on any atom is 0.229 e. The summed E-state index contributed by atoms with van der Waals surface area (Å²) in [5.41, 5.74) is 0.297. The summed E-state index contributed by atoms with van der Waals surface area (Å²) < 4.78 is 1.48. The molecule has 0 atom stereocenters. The number of carbonyl (C=O) groups excluding carboxylic acids is 1. The van der Waals surface area contributed by atoms with Crippen LogP contribution in [0.2, 0.25) is 0 Å². The maximum atomic E-state index is 11.4. The zero-order valence-corrected chi connectivity index (χ0v) is 10.6. The average molecular weight is 242 g/mol. The van der Waals surface area contributed by atoms with Crippen LogP contribution in [0.5, 0.6) is 0 Å². The highest BCUT2D eigenvalue weighted by atomic mass is 16.3. The largest absolute Gasteiger partial charge is 0.378 e. The van der Waals surface area contributed by atoms with Gasteiger partial charge in [0.15, 0.2) is 0 Å². The number of rotatable bonds is 0. The maximum absolute atomic E-state index is 11.4. The number of nitrogens with zero attached hydrogens (tertiary/aromatic N) is 2. The van der Waals surface area contributed by atoms with E-state index < -0.39 is 5.60 Å². The molecule has 18 heavy (non-hydrogen) atoms. The van der Waals surface area contributed by atoms with Crippen molar-refractivity contribution in [2.75, 3.05) is 0 Å². The number of aliphatic hydroxyl groups is 1. The fourth-order valence-electron chi connectivity index (χ4n) is 1.62. The first-order valence-electron chi connectivity index (χ1n) is 5.61. The highest BCUT2D eigenvalue weighted by Gasteiger charge is 2.09. The molecule has 4 heteroatoms. The Labute approximate surface area is 105 Å². The Morgan fingerprint density at radius 3 is 2.78 bits per heavy atom. The van der Waals surface area contributed by atoms with Crippen molar-refractivity contribution in [1.29, 1.82) is 0 Å². The molecule has 0 saturated heterocycles. The summed E-state index contributed by atoms with van der Waals surface area (Å²) in [5.74, 6) is 5.58. The van der Waals surface area contributed by atoms with Crippen LogP contribution in [-0.4, -0.2) is 26.2 Å². The molecule has 92 valence electrons. The van der Waals surface area contributed by atoms with Gasteiger partial charge in [0.05, 0.1) is 0 Å². The number of fused-ring (bicyclic) bond motifs is 1. The molecule has 0 spiro atoms. The molecule has 2 aromatic rings. The summed E-state index contributed by atoms with van der Waals surface area (Å²) in [4.78, 5) is 15.6. The van der Waals surface area contributed by atoms with Gasteiger partial charge in [-0.2, -0.15) is 0 Å². The highest BCUT2D eigenvalue weighted by Crippen LogP contribution is 2.17. The first-order chi connectivity index (χ1) is 8.38. The number of hydrogen-bond acceptors (Lipinski definition) is 3. The Balaban J connectivity index is 2.60. The van der Waals surface area contributed by atoms with E-state index in [4.69, 9.17) is 0 Å². The molecule has 0 aliphatic heterocycles. The van der Waals surface area contributed by atoms with Crippen LogP contribution < -0.4 is 0 Å². The monoisotopic (exact) mass is 242 g/mol. The lowest BCUT2D eigenvalue weighted by atomic mass is 10.1. The summed E-state index contributed by atoms with van der Waals surface area (Å²) in [6, 6.07) is 3.57. The van der Waals surface area contributed by atoms with Gasteiger partial charge in [0.1, 0.15) is 11.2 Å². The van der Waals surface area contributed by atoms with E-state index in [0.29, 0.717) is 5.65 Å². The van der Waals surface area contributed by atoms with Crippen LogP contribution in [0.25, 0.3) is 11.0 Å². The zero-order valence-electron chi connectivity index (χ0n) is 10.6. The quantitative estimate of drug-likeness (QED) is 0.717. The van der Waals surface area contributed by atoms with Crippen molar-refractivity contribution in [2.24, 2.45) is 0 Å². The minimum Gasteiger partial charge on any atom is -0.378 e. The molecule has 4 nitrogen and oxygen atoms in total. The van der Waals surface area contributed by atoms with Crippen LogP contribution in [0.4, 0.5) is 0 Å². The molecular weight excluding hydrogens is 228 g/mol. The zero-order chi connectivity index (χ0) is 13.3. The van der Waals surface area contributed by atoms with Crippen LogP contribution >= 0.6 is 0 Å². The van der Waals surface area contributed by atoms with E-state index >= 15 is 0 Å².